The van der Waals surface area contributed by atoms with Crippen molar-refractivity contribution in [2.24, 2.45) is 5.41 Å². The number of allylic oxidation sites excluding steroid dienone is 2. The zero-order valence-corrected chi connectivity index (χ0v) is 12.0. The van der Waals surface area contributed by atoms with E-state index in [2.05, 4.69) is 32.0 Å². The molecule has 0 aromatic rings. The Morgan fingerprint density at radius 2 is 1.83 bits per heavy atom. The van der Waals surface area contributed by atoms with Crippen LogP contribution in [-0.4, -0.2) is 37.9 Å². The van der Waals surface area contributed by atoms with Gasteiger partial charge in [0.15, 0.2) is 5.41 Å². The van der Waals surface area contributed by atoms with Crippen molar-refractivity contribution < 1.29 is 24.2 Å². The molecule has 102 valence electrons. The third kappa shape index (κ3) is 3.96. The summed E-state index contributed by atoms with van der Waals surface area (Å²) in [6, 6.07) is 0. The molecule has 0 bridgehead atoms. The Bertz CT molecular complexity index is 332. The van der Waals surface area contributed by atoms with Crippen molar-refractivity contribution in [3.8, 4) is 0 Å². The van der Waals surface area contributed by atoms with Gasteiger partial charge in [0.05, 0.1) is 20.8 Å². The van der Waals surface area contributed by atoms with Crippen molar-refractivity contribution in [3.63, 3.8) is 0 Å². The van der Waals surface area contributed by atoms with Crippen LogP contribution in [0.3, 0.4) is 0 Å². The fourth-order valence-electron chi connectivity index (χ4n) is 1.56. The van der Waals surface area contributed by atoms with Crippen molar-refractivity contribution in [2.45, 2.75) is 12.8 Å². The molecule has 0 radical (unpaired) electrons. The van der Waals surface area contributed by atoms with E-state index in [0.717, 1.165) is 0 Å². The molecule has 0 aliphatic carbocycles. The molecule has 0 spiro atoms. The number of rotatable bonds is 7. The third-order valence-corrected chi connectivity index (χ3v) is 3.03. The van der Waals surface area contributed by atoms with Gasteiger partial charge in [0, 0.05) is 6.42 Å². The molecule has 18 heavy (non-hydrogen) atoms. The molecule has 0 unspecified atom stereocenters. The number of aliphatic hydroxyl groups is 1. The van der Waals surface area contributed by atoms with Gasteiger partial charge < -0.3 is 14.6 Å². The highest BCUT2D eigenvalue weighted by Gasteiger charge is 2.47. The maximum absolute atomic E-state index is 11.9. The summed E-state index contributed by atoms with van der Waals surface area (Å²) in [6.45, 7) is 3.33. The first-order valence-corrected chi connectivity index (χ1v) is 6.01. The smallest absolute Gasteiger partial charge is 0.323 e. The summed E-state index contributed by atoms with van der Waals surface area (Å²) in [4.78, 5) is 23.8. The molecule has 1 N–H and O–H groups in total. The summed E-state index contributed by atoms with van der Waals surface area (Å²) >= 11 is 3.19. The predicted octanol–water partition coefficient (Wildman–Crippen LogP) is 1.56. The van der Waals surface area contributed by atoms with Gasteiger partial charge in [-0.05, 0) is 17.0 Å². The highest BCUT2D eigenvalue weighted by Crippen LogP contribution is 2.35. The number of halogens is 1. The number of esters is 2. The molecule has 0 heterocycles. The number of hydrogen-bond acceptors (Lipinski definition) is 5. The molecule has 5 nitrogen and oxygen atoms in total. The Balaban J connectivity index is 5.45. The number of hydrogen-bond donors (Lipinski definition) is 1. The lowest BCUT2D eigenvalue weighted by Gasteiger charge is -2.26. The molecule has 0 aromatic heterocycles. The van der Waals surface area contributed by atoms with E-state index in [-0.39, 0.29) is 19.4 Å². The second kappa shape index (κ2) is 8.05. The zero-order chi connectivity index (χ0) is 14.2. The lowest BCUT2D eigenvalue weighted by molar-refractivity contribution is -0.168. The lowest BCUT2D eigenvalue weighted by Crippen LogP contribution is -2.41. The number of aliphatic hydroxyl groups excluding tert-OH is 1. The Hall–Kier alpha value is -1.14. The molecular formula is C12H17BrO5. The van der Waals surface area contributed by atoms with E-state index in [0.29, 0.717) is 4.48 Å². The van der Waals surface area contributed by atoms with Crippen molar-refractivity contribution in [1.29, 1.82) is 0 Å². The Morgan fingerprint density at radius 1 is 1.33 bits per heavy atom. The van der Waals surface area contributed by atoms with Crippen LogP contribution in [0.15, 0.2) is 23.2 Å². The monoisotopic (exact) mass is 320 g/mol. The van der Waals surface area contributed by atoms with Crippen LogP contribution in [0.4, 0.5) is 0 Å². The Kier molecular flexibility index (Phi) is 7.54. The van der Waals surface area contributed by atoms with Crippen molar-refractivity contribution >= 4 is 27.9 Å². The summed E-state index contributed by atoms with van der Waals surface area (Å²) in [6.07, 6.45) is 3.02. The molecule has 6 heteroatoms. The summed E-state index contributed by atoms with van der Waals surface area (Å²) < 4.78 is 9.86. The highest BCUT2D eigenvalue weighted by atomic mass is 79.9. The highest BCUT2D eigenvalue weighted by molar-refractivity contribution is 9.11. The molecule has 0 amide bonds. The average molecular weight is 321 g/mol. The van der Waals surface area contributed by atoms with Gasteiger partial charge in [0.1, 0.15) is 0 Å². The zero-order valence-electron chi connectivity index (χ0n) is 10.4. The van der Waals surface area contributed by atoms with Crippen LogP contribution >= 0.6 is 15.9 Å². The van der Waals surface area contributed by atoms with E-state index in [1.807, 2.05) is 0 Å². The van der Waals surface area contributed by atoms with E-state index < -0.39 is 17.4 Å². The normalized spacial score (nSPS) is 11.9. The molecule has 0 aromatic carbocycles. The van der Waals surface area contributed by atoms with Gasteiger partial charge in [-0.3, -0.25) is 9.59 Å². The second-order valence-electron chi connectivity index (χ2n) is 3.57. The molecular weight excluding hydrogens is 304 g/mol. The van der Waals surface area contributed by atoms with Crippen LogP contribution in [0, 0.1) is 5.41 Å². The topological polar surface area (TPSA) is 72.8 Å². The maximum atomic E-state index is 11.9. The van der Waals surface area contributed by atoms with Crippen LogP contribution in [0.1, 0.15) is 12.8 Å². The van der Waals surface area contributed by atoms with Crippen LogP contribution in [0.2, 0.25) is 0 Å². The summed E-state index contributed by atoms with van der Waals surface area (Å²) in [5.74, 6) is -1.39. The fourth-order valence-corrected chi connectivity index (χ4v) is 2.19. The van der Waals surface area contributed by atoms with E-state index in [9.17, 15) is 9.59 Å². The van der Waals surface area contributed by atoms with Gasteiger partial charge in [-0.2, -0.15) is 0 Å². The predicted molar refractivity (Wildman–Crippen MR) is 70.0 cm³/mol. The van der Waals surface area contributed by atoms with Crippen molar-refractivity contribution in [2.75, 3.05) is 20.8 Å². The van der Waals surface area contributed by atoms with Gasteiger partial charge in [-0.1, -0.05) is 22.0 Å². The van der Waals surface area contributed by atoms with E-state index in [1.54, 1.807) is 0 Å². The Labute approximate surface area is 115 Å². The average Bonchev–Trinajstić information content (AvgIpc) is 2.36. The first kappa shape index (κ1) is 16.9. The van der Waals surface area contributed by atoms with Crippen LogP contribution in [0.25, 0.3) is 0 Å². The van der Waals surface area contributed by atoms with E-state index in [4.69, 9.17) is 5.11 Å². The summed E-state index contributed by atoms with van der Waals surface area (Å²) in [7, 11) is 2.40. The molecule has 0 saturated carbocycles. The first-order chi connectivity index (χ1) is 8.48. The third-order valence-electron chi connectivity index (χ3n) is 2.43. The quantitative estimate of drug-likeness (QED) is 0.438. The molecule has 0 rings (SSSR count). The number of carbonyl (C=O) groups is 2. The minimum atomic E-state index is -1.48. The van der Waals surface area contributed by atoms with Crippen molar-refractivity contribution in [3.05, 3.63) is 23.2 Å². The van der Waals surface area contributed by atoms with Gasteiger partial charge in [-0.25, -0.2) is 0 Å². The first-order valence-electron chi connectivity index (χ1n) is 5.21. The standard InChI is InChI=1S/C12H17BrO5/c1-4-6-12(10(15)17-2,11(16)18-3)8-9(13)5-7-14/h4-5,14H,1,6-8H2,2-3H3/b9-5-. The van der Waals surface area contributed by atoms with Gasteiger partial charge in [0.2, 0.25) is 0 Å². The van der Waals surface area contributed by atoms with Gasteiger partial charge in [-0.15, -0.1) is 6.58 Å². The van der Waals surface area contributed by atoms with Gasteiger partial charge in [0.25, 0.3) is 0 Å². The molecule has 0 fully saturated rings. The Morgan fingerprint density at radius 3 is 2.17 bits per heavy atom. The van der Waals surface area contributed by atoms with E-state index in [1.165, 1.54) is 26.4 Å². The molecule has 0 saturated heterocycles. The van der Waals surface area contributed by atoms with E-state index >= 15 is 0 Å². The SMILES string of the molecule is C=CCC(C/C(Br)=C/CO)(C(=O)OC)C(=O)OC. The van der Waals surface area contributed by atoms with Crippen molar-refractivity contribution in [1.82, 2.24) is 0 Å². The molecule has 0 aliphatic rings. The molecule has 0 aliphatic heterocycles. The minimum Gasteiger partial charge on any atom is -0.468 e. The van der Waals surface area contributed by atoms with Crippen LogP contribution < -0.4 is 0 Å². The number of ether oxygens (including phenoxy) is 2. The van der Waals surface area contributed by atoms with Crippen LogP contribution in [-0.2, 0) is 19.1 Å². The lowest BCUT2D eigenvalue weighted by atomic mass is 9.81. The van der Waals surface area contributed by atoms with Gasteiger partial charge >= 0.3 is 11.9 Å². The fraction of sp³-hybridized carbons (Fsp3) is 0.500. The maximum Gasteiger partial charge on any atom is 0.323 e. The number of methoxy groups -OCH3 is 2. The molecule has 0 atom stereocenters. The largest absolute Gasteiger partial charge is 0.468 e. The second-order valence-corrected chi connectivity index (χ2v) is 4.59. The van der Waals surface area contributed by atoms with Crippen LogP contribution in [0.5, 0.6) is 0 Å². The summed E-state index contributed by atoms with van der Waals surface area (Å²) in [5.41, 5.74) is -1.48. The minimum absolute atomic E-state index is 0.0406. The number of carbonyl (C=O) groups excluding carboxylic acids is 2. The summed E-state index contributed by atoms with van der Waals surface area (Å²) in [5, 5.41) is 8.80.